The van der Waals surface area contributed by atoms with E-state index in [9.17, 15) is 0 Å². The van der Waals surface area contributed by atoms with Gasteiger partial charge in [-0.3, -0.25) is 0 Å². The van der Waals surface area contributed by atoms with Crippen molar-refractivity contribution in [3.05, 3.63) is 35.4 Å². The first kappa shape index (κ1) is 11.4. The van der Waals surface area contributed by atoms with Crippen molar-refractivity contribution in [3.8, 4) is 12.3 Å². The van der Waals surface area contributed by atoms with E-state index in [1.807, 2.05) is 12.1 Å². The lowest BCUT2D eigenvalue weighted by Gasteiger charge is -1.94. The molecule has 1 nitrogen and oxygen atoms in total. The molecule has 13 heavy (non-hydrogen) atoms. The molecule has 0 atom stereocenters. The quantitative estimate of drug-likeness (QED) is 0.472. The summed E-state index contributed by atoms with van der Waals surface area (Å²) in [6.45, 7) is 3.57. The molecular weight excluding hydrogens is 160 g/mol. The first-order chi connectivity index (χ1) is 6.28. The van der Waals surface area contributed by atoms with Gasteiger partial charge in [0.25, 0.3) is 0 Å². The van der Waals surface area contributed by atoms with E-state index in [2.05, 4.69) is 25.0 Å². The fraction of sp³-hybridized carbons (Fsp3) is 0.250. The van der Waals surface area contributed by atoms with Crippen LogP contribution in [0.3, 0.4) is 0 Å². The normalized spacial score (nSPS) is 7.77. The topological polar surface area (TPSA) is 17.1 Å². The van der Waals surface area contributed by atoms with Crippen molar-refractivity contribution in [3.63, 3.8) is 0 Å². The Kier molecular flexibility index (Phi) is 6.27. The molecule has 0 saturated carbocycles. The molecule has 0 radical (unpaired) electrons. The Balaban J connectivity index is 0.000000424. The Labute approximate surface area is 79.8 Å². The van der Waals surface area contributed by atoms with E-state index >= 15 is 0 Å². The van der Waals surface area contributed by atoms with E-state index < -0.39 is 0 Å². The number of terminal acetylenes is 1. The Morgan fingerprint density at radius 3 is 2.15 bits per heavy atom. The van der Waals surface area contributed by atoms with Crippen molar-refractivity contribution >= 4 is 6.29 Å². The van der Waals surface area contributed by atoms with Gasteiger partial charge in [-0.1, -0.05) is 25.0 Å². The Bertz CT molecular complexity index is 277. The molecule has 1 heteroatoms. The number of rotatable bonds is 1. The summed E-state index contributed by atoms with van der Waals surface area (Å²) in [4.78, 5) is 8.81. The minimum absolute atomic E-state index is 0.750. The number of carbonyl (C=O) groups is 1. The van der Waals surface area contributed by atoms with Crippen LogP contribution in [0.25, 0.3) is 0 Å². The zero-order chi connectivity index (χ0) is 10.1. The van der Waals surface area contributed by atoms with Crippen molar-refractivity contribution in [2.24, 2.45) is 0 Å². The second-order valence-corrected chi connectivity index (χ2v) is 2.43. The first-order valence-corrected chi connectivity index (χ1v) is 4.23. The molecule has 0 saturated heterocycles. The van der Waals surface area contributed by atoms with Gasteiger partial charge in [-0.25, -0.2) is 0 Å². The van der Waals surface area contributed by atoms with Crippen LogP contribution in [0.2, 0.25) is 0 Å². The van der Waals surface area contributed by atoms with Crippen molar-refractivity contribution in [1.82, 2.24) is 0 Å². The average molecular weight is 174 g/mol. The maximum Gasteiger partial charge on any atom is 0.116 e. The van der Waals surface area contributed by atoms with Crippen molar-refractivity contribution < 1.29 is 4.79 Å². The molecular formula is C12H14O. The number of aryl methyl sites for hydroxylation is 1. The van der Waals surface area contributed by atoms with E-state index in [1.54, 1.807) is 0 Å². The molecule has 0 aliphatic heterocycles. The summed E-state index contributed by atoms with van der Waals surface area (Å²) in [7, 11) is 0. The molecule has 0 unspecified atom stereocenters. The highest BCUT2D eigenvalue weighted by Crippen LogP contribution is 2.02. The molecule has 0 bridgehead atoms. The zero-order valence-corrected chi connectivity index (χ0v) is 8.08. The van der Waals surface area contributed by atoms with Crippen LogP contribution in [-0.2, 0) is 11.2 Å². The molecule has 0 heterocycles. The number of hydrogen-bond donors (Lipinski definition) is 0. The van der Waals surface area contributed by atoms with Gasteiger partial charge in [-0.15, -0.1) is 6.42 Å². The summed E-state index contributed by atoms with van der Waals surface area (Å²) in [5.74, 6) is 2.58. The fourth-order valence-corrected chi connectivity index (χ4v) is 0.837. The second kappa shape index (κ2) is 7.12. The molecule has 0 amide bonds. The molecule has 0 spiro atoms. The molecule has 0 fully saturated rings. The molecule has 0 N–H and O–H groups in total. The zero-order valence-electron chi connectivity index (χ0n) is 8.08. The van der Waals surface area contributed by atoms with Crippen LogP contribution in [0.4, 0.5) is 0 Å². The summed E-state index contributed by atoms with van der Waals surface area (Å²) < 4.78 is 0. The molecule has 1 aromatic carbocycles. The van der Waals surface area contributed by atoms with Gasteiger partial charge in [0.2, 0.25) is 0 Å². The summed E-state index contributed by atoms with van der Waals surface area (Å²) in [5, 5.41) is 0. The molecule has 1 rings (SSSR count). The maximum atomic E-state index is 8.81. The van der Waals surface area contributed by atoms with Gasteiger partial charge in [0.1, 0.15) is 6.29 Å². The Morgan fingerprint density at radius 1 is 1.38 bits per heavy atom. The molecule has 0 aliphatic rings. The highest BCUT2D eigenvalue weighted by atomic mass is 16.1. The minimum Gasteiger partial charge on any atom is -0.304 e. The van der Waals surface area contributed by atoms with Crippen LogP contribution in [-0.4, -0.2) is 6.29 Å². The highest BCUT2D eigenvalue weighted by molar-refractivity contribution is 5.44. The first-order valence-electron chi connectivity index (χ1n) is 4.23. The predicted molar refractivity (Wildman–Crippen MR) is 55.5 cm³/mol. The van der Waals surface area contributed by atoms with Crippen LogP contribution in [0.1, 0.15) is 25.0 Å². The van der Waals surface area contributed by atoms with Crippen molar-refractivity contribution in [1.29, 1.82) is 0 Å². The van der Waals surface area contributed by atoms with Gasteiger partial charge in [-0.2, -0.15) is 0 Å². The third-order valence-corrected chi connectivity index (χ3v) is 1.53. The maximum absolute atomic E-state index is 8.81. The van der Waals surface area contributed by atoms with Crippen LogP contribution in [0.5, 0.6) is 0 Å². The highest BCUT2D eigenvalue weighted by Gasteiger charge is 1.86. The van der Waals surface area contributed by atoms with E-state index in [-0.39, 0.29) is 0 Å². The van der Waals surface area contributed by atoms with E-state index in [1.165, 1.54) is 12.5 Å². The average Bonchev–Trinajstić information content (AvgIpc) is 2.19. The Morgan fingerprint density at radius 2 is 1.85 bits per heavy atom. The van der Waals surface area contributed by atoms with Crippen LogP contribution in [0.15, 0.2) is 24.3 Å². The van der Waals surface area contributed by atoms with Crippen LogP contribution < -0.4 is 0 Å². The van der Waals surface area contributed by atoms with Crippen molar-refractivity contribution in [2.45, 2.75) is 20.3 Å². The van der Waals surface area contributed by atoms with Gasteiger partial charge >= 0.3 is 0 Å². The number of hydrogen-bond acceptors (Lipinski definition) is 1. The van der Waals surface area contributed by atoms with Gasteiger partial charge in [0.05, 0.1) is 0 Å². The van der Waals surface area contributed by atoms with Gasteiger partial charge in [0, 0.05) is 5.56 Å². The molecule has 0 aromatic heterocycles. The fourth-order valence-electron chi connectivity index (χ4n) is 0.837. The third kappa shape index (κ3) is 4.81. The van der Waals surface area contributed by atoms with Gasteiger partial charge < -0.3 is 4.79 Å². The molecule has 1 aromatic rings. The number of benzene rings is 1. The summed E-state index contributed by atoms with van der Waals surface area (Å²) >= 11 is 0. The number of aldehydes is 1. The lowest BCUT2D eigenvalue weighted by atomic mass is 10.1. The summed E-state index contributed by atoms with van der Waals surface area (Å²) in [6.07, 6.45) is 7.02. The lowest BCUT2D eigenvalue weighted by molar-refractivity contribution is -0.106. The van der Waals surface area contributed by atoms with Crippen LogP contribution in [0, 0.1) is 12.3 Å². The monoisotopic (exact) mass is 174 g/mol. The number of carbonyl (C=O) groups excluding carboxylic acids is 1. The lowest BCUT2D eigenvalue weighted by Crippen LogP contribution is -1.78. The summed E-state index contributed by atoms with van der Waals surface area (Å²) in [6, 6.07) is 8.07. The smallest absolute Gasteiger partial charge is 0.116 e. The predicted octanol–water partition coefficient (Wildman–Crippen LogP) is 2.44. The minimum atomic E-state index is 0.750. The third-order valence-electron chi connectivity index (χ3n) is 1.53. The SMILES string of the molecule is C#Cc1ccc(CC)cc1.CC=O. The molecule has 68 valence electrons. The second-order valence-electron chi connectivity index (χ2n) is 2.43. The standard InChI is InChI=1S/C10H10.C2H4O/c1-3-9-5-7-10(4-2)8-6-9;1-2-3/h1,5-8H,4H2,2H3;2H,1H3. The van der Waals surface area contributed by atoms with Gasteiger partial charge in [-0.05, 0) is 31.0 Å². The van der Waals surface area contributed by atoms with Crippen LogP contribution >= 0.6 is 0 Å². The van der Waals surface area contributed by atoms with E-state index in [4.69, 9.17) is 11.2 Å². The Hall–Kier alpha value is -1.55. The van der Waals surface area contributed by atoms with Gasteiger partial charge in [0.15, 0.2) is 0 Å². The molecule has 0 aliphatic carbocycles. The van der Waals surface area contributed by atoms with Crippen molar-refractivity contribution in [2.75, 3.05) is 0 Å². The summed E-state index contributed by atoms with van der Waals surface area (Å²) in [5.41, 5.74) is 2.29. The van der Waals surface area contributed by atoms with E-state index in [0.29, 0.717) is 0 Å². The van der Waals surface area contributed by atoms with E-state index in [0.717, 1.165) is 18.3 Å². The largest absolute Gasteiger partial charge is 0.304 e.